The Morgan fingerprint density at radius 2 is 1.83 bits per heavy atom. The molecule has 1 saturated carbocycles. The van der Waals surface area contributed by atoms with Gasteiger partial charge in [-0.05, 0) is 54.4 Å². The predicted molar refractivity (Wildman–Crippen MR) is 134 cm³/mol. The summed E-state index contributed by atoms with van der Waals surface area (Å²) < 4.78 is 32.8. The molecule has 1 aliphatic heterocycles. The van der Waals surface area contributed by atoms with Crippen molar-refractivity contribution in [2.24, 2.45) is 17.3 Å². The minimum atomic E-state index is -3.47. The van der Waals surface area contributed by atoms with Crippen LogP contribution in [0, 0.1) is 17.3 Å². The lowest BCUT2D eigenvalue weighted by molar-refractivity contribution is -0.0106. The minimum absolute atomic E-state index is 0.0829. The number of hydrogen-bond donors (Lipinski definition) is 0. The monoisotopic (exact) mass is 497 g/mol. The third-order valence-electron chi connectivity index (χ3n) is 8.37. The largest absolute Gasteiger partial charge is 0.459 e. The van der Waals surface area contributed by atoms with E-state index in [1.807, 2.05) is 11.0 Å². The molecule has 2 fully saturated rings. The highest BCUT2D eigenvalue weighted by atomic mass is 32.2. The van der Waals surface area contributed by atoms with Crippen molar-refractivity contribution in [3.63, 3.8) is 0 Å². The van der Waals surface area contributed by atoms with Crippen molar-refractivity contribution >= 4 is 15.9 Å². The molecule has 8 heteroatoms. The summed E-state index contributed by atoms with van der Waals surface area (Å²) in [6.07, 6.45) is 6.20. The number of sulfonamides is 1. The number of allylic oxidation sites excluding steroid dienone is 1. The molecule has 2 aromatic rings. The minimum Gasteiger partial charge on any atom is -0.459 e. The number of hydrogen-bond acceptors (Lipinski definition) is 5. The van der Waals surface area contributed by atoms with Crippen molar-refractivity contribution in [1.29, 1.82) is 0 Å². The van der Waals surface area contributed by atoms with E-state index in [0.29, 0.717) is 67.8 Å². The molecule has 0 radical (unpaired) electrons. The van der Waals surface area contributed by atoms with Crippen LogP contribution in [0.25, 0.3) is 0 Å². The molecule has 3 aliphatic carbocycles. The smallest absolute Gasteiger partial charge is 0.289 e. The summed E-state index contributed by atoms with van der Waals surface area (Å²) in [5.41, 5.74) is 1.68. The Balaban J connectivity index is 1.21. The molecule has 6 rings (SSSR count). The molecule has 1 aromatic carbocycles. The number of benzene rings is 1. The van der Waals surface area contributed by atoms with E-state index in [1.54, 1.807) is 40.7 Å². The van der Waals surface area contributed by atoms with Gasteiger partial charge >= 0.3 is 0 Å². The molecule has 1 amide bonds. The number of fused-ring (bicyclic) bond motifs is 1. The first-order valence-corrected chi connectivity index (χ1v) is 14.0. The summed E-state index contributed by atoms with van der Waals surface area (Å²) in [6.45, 7) is 8.81. The van der Waals surface area contributed by atoms with E-state index in [1.165, 1.54) is 18.3 Å². The van der Waals surface area contributed by atoms with E-state index in [4.69, 9.17) is 4.42 Å². The van der Waals surface area contributed by atoms with Crippen LogP contribution in [0.1, 0.15) is 37.2 Å². The SMILES string of the molecule is CC1(C)C2CC=C(CN(CCN3CCN(S(=O)(=O)c4ccccc4)CC3)C(=O)c3ccco3)C1C2. The molecule has 35 heavy (non-hydrogen) atoms. The lowest BCUT2D eigenvalue weighted by Crippen LogP contribution is -2.52. The molecule has 4 aliphatic rings. The fourth-order valence-electron chi connectivity index (χ4n) is 5.88. The summed E-state index contributed by atoms with van der Waals surface area (Å²) in [5.74, 6) is 1.58. The first-order valence-electron chi connectivity index (χ1n) is 12.6. The summed E-state index contributed by atoms with van der Waals surface area (Å²) in [4.78, 5) is 17.8. The maximum Gasteiger partial charge on any atom is 0.289 e. The van der Waals surface area contributed by atoms with Gasteiger partial charge < -0.3 is 9.32 Å². The van der Waals surface area contributed by atoms with Crippen molar-refractivity contribution < 1.29 is 17.6 Å². The third-order valence-corrected chi connectivity index (χ3v) is 10.3. The molecule has 188 valence electrons. The van der Waals surface area contributed by atoms with Gasteiger partial charge in [0.1, 0.15) is 0 Å². The molecule has 7 nitrogen and oxygen atoms in total. The summed E-state index contributed by atoms with van der Waals surface area (Å²) in [5, 5.41) is 0. The van der Waals surface area contributed by atoms with Crippen molar-refractivity contribution in [2.75, 3.05) is 45.8 Å². The first kappa shape index (κ1) is 24.3. The third kappa shape index (κ3) is 4.71. The average Bonchev–Trinajstić information content (AvgIpc) is 3.42. The van der Waals surface area contributed by atoms with Crippen LogP contribution in [-0.2, 0) is 10.0 Å². The van der Waals surface area contributed by atoms with Gasteiger partial charge in [0.05, 0.1) is 11.2 Å². The van der Waals surface area contributed by atoms with Gasteiger partial charge in [0.15, 0.2) is 5.76 Å². The zero-order valence-corrected chi connectivity index (χ0v) is 21.4. The molecule has 2 atom stereocenters. The number of carbonyl (C=O) groups excluding carboxylic acids is 1. The molecule has 1 saturated heterocycles. The number of nitrogens with zero attached hydrogens (tertiary/aromatic N) is 3. The van der Waals surface area contributed by atoms with Gasteiger partial charge in [0, 0.05) is 45.8 Å². The van der Waals surface area contributed by atoms with Gasteiger partial charge in [-0.2, -0.15) is 4.31 Å². The second kappa shape index (κ2) is 9.56. The quantitative estimate of drug-likeness (QED) is 0.520. The topological polar surface area (TPSA) is 74.1 Å². The average molecular weight is 498 g/mol. The number of piperazine rings is 1. The van der Waals surface area contributed by atoms with Gasteiger partial charge in [-0.3, -0.25) is 9.69 Å². The molecule has 2 bridgehead atoms. The van der Waals surface area contributed by atoms with E-state index in [0.717, 1.165) is 12.3 Å². The van der Waals surface area contributed by atoms with E-state index < -0.39 is 10.0 Å². The maximum absolute atomic E-state index is 13.3. The molecular weight excluding hydrogens is 462 g/mol. The number of furan rings is 1. The normalized spacial score (nSPS) is 24.5. The Morgan fingerprint density at radius 1 is 1.09 bits per heavy atom. The van der Waals surface area contributed by atoms with Gasteiger partial charge in [-0.1, -0.05) is 43.7 Å². The Bertz CT molecular complexity index is 1170. The zero-order chi connectivity index (χ0) is 24.6. The van der Waals surface area contributed by atoms with Crippen LogP contribution < -0.4 is 0 Å². The van der Waals surface area contributed by atoms with E-state index in [2.05, 4.69) is 24.8 Å². The van der Waals surface area contributed by atoms with Gasteiger partial charge in [0.2, 0.25) is 10.0 Å². The number of amides is 1. The van der Waals surface area contributed by atoms with Crippen molar-refractivity contribution in [2.45, 2.75) is 31.6 Å². The second-order valence-corrected chi connectivity index (χ2v) is 12.5. The van der Waals surface area contributed by atoms with Crippen molar-refractivity contribution in [3.8, 4) is 0 Å². The standard InChI is InChI=1S/C27H35N3O4S/c1-27(2)22-11-10-21(24(27)19-22)20-29(26(31)25-9-6-18-34-25)15-12-28-13-16-30(17-14-28)35(32,33)23-7-4-3-5-8-23/h3-10,18,22,24H,11-17,19-20H2,1-2H3. The fraction of sp³-hybridized carbons (Fsp3) is 0.519. The summed E-state index contributed by atoms with van der Waals surface area (Å²) in [6, 6.07) is 12.1. The van der Waals surface area contributed by atoms with Crippen molar-refractivity contribution in [1.82, 2.24) is 14.1 Å². The van der Waals surface area contributed by atoms with Gasteiger partial charge in [-0.25, -0.2) is 8.42 Å². The molecule has 0 spiro atoms. The Labute approximate surface area is 208 Å². The lowest BCUT2D eigenvalue weighted by atomic mass is 9.49. The Kier molecular flexibility index (Phi) is 6.63. The number of carbonyl (C=O) groups is 1. The zero-order valence-electron chi connectivity index (χ0n) is 20.6. The lowest BCUT2D eigenvalue weighted by Gasteiger charge is -2.57. The molecule has 2 unspecified atom stereocenters. The summed E-state index contributed by atoms with van der Waals surface area (Å²) >= 11 is 0. The van der Waals surface area contributed by atoms with Crippen LogP contribution in [0.15, 0.2) is 69.7 Å². The van der Waals surface area contributed by atoms with E-state index in [9.17, 15) is 13.2 Å². The highest BCUT2D eigenvalue weighted by molar-refractivity contribution is 7.89. The second-order valence-electron chi connectivity index (χ2n) is 10.6. The van der Waals surface area contributed by atoms with E-state index >= 15 is 0 Å². The fourth-order valence-corrected chi connectivity index (χ4v) is 7.33. The van der Waals surface area contributed by atoms with Crippen LogP contribution in [0.2, 0.25) is 0 Å². The Hall–Kier alpha value is -2.42. The van der Waals surface area contributed by atoms with Crippen LogP contribution in [0.3, 0.4) is 0 Å². The highest BCUT2D eigenvalue weighted by Gasteiger charge is 2.51. The molecule has 2 heterocycles. The van der Waals surface area contributed by atoms with Gasteiger partial charge in [0.25, 0.3) is 5.91 Å². The van der Waals surface area contributed by atoms with E-state index in [-0.39, 0.29) is 5.91 Å². The summed E-state index contributed by atoms with van der Waals surface area (Å²) in [7, 11) is -3.47. The molecule has 0 N–H and O–H groups in total. The Morgan fingerprint density at radius 3 is 2.46 bits per heavy atom. The van der Waals surface area contributed by atoms with Crippen molar-refractivity contribution in [3.05, 3.63) is 66.1 Å². The van der Waals surface area contributed by atoms with Crippen LogP contribution >= 0.6 is 0 Å². The number of rotatable bonds is 8. The molecule has 1 aromatic heterocycles. The predicted octanol–water partition coefficient (Wildman–Crippen LogP) is 3.72. The van der Waals surface area contributed by atoms with Gasteiger partial charge in [-0.15, -0.1) is 0 Å². The van der Waals surface area contributed by atoms with Crippen LogP contribution in [0.5, 0.6) is 0 Å². The van der Waals surface area contributed by atoms with Crippen LogP contribution in [0.4, 0.5) is 0 Å². The molecular formula is C27H35N3O4S. The first-order chi connectivity index (χ1) is 16.8. The van der Waals surface area contributed by atoms with Crippen LogP contribution in [-0.4, -0.2) is 74.2 Å². The maximum atomic E-state index is 13.3. The highest BCUT2D eigenvalue weighted by Crippen LogP contribution is 2.59.